The molecular weight excluding hydrogens is 1200 g/mol. The van der Waals surface area contributed by atoms with Gasteiger partial charge in [-0.3, -0.25) is 4.79 Å². The lowest BCUT2D eigenvalue weighted by Crippen LogP contribution is -2.66. The van der Waals surface area contributed by atoms with Gasteiger partial charge in [-0.2, -0.15) is 0 Å². The van der Waals surface area contributed by atoms with E-state index in [1.807, 2.05) is 6.08 Å². The molecule has 1 amide bonds. The quantitative estimate of drug-likeness (QED) is 0.0199. The van der Waals surface area contributed by atoms with Crippen molar-refractivity contribution in [3.05, 3.63) is 146 Å². The Morgan fingerprint density at radius 1 is 0.394 bits per heavy atom. The van der Waals surface area contributed by atoms with Crippen LogP contribution in [0, 0.1) is 0 Å². The smallest absolute Gasteiger partial charge is 0.220 e. The van der Waals surface area contributed by atoms with Crippen molar-refractivity contribution in [3.63, 3.8) is 0 Å². The molecule has 534 valence electrons. The van der Waals surface area contributed by atoms with Crippen LogP contribution in [0.5, 0.6) is 0 Å². The molecule has 3 heterocycles. The zero-order valence-electron chi connectivity index (χ0n) is 56.4. The molecule has 0 aromatic rings. The minimum Gasteiger partial charge on any atom is -0.394 e. The van der Waals surface area contributed by atoms with Crippen molar-refractivity contribution in [2.45, 2.75) is 291 Å². The number of unbranched alkanes of at least 4 members (excludes halogenated alkanes) is 13. The van der Waals surface area contributed by atoms with Crippen molar-refractivity contribution >= 4 is 5.91 Å². The van der Waals surface area contributed by atoms with E-state index >= 15 is 0 Å². The molecule has 19 heteroatoms. The molecule has 0 aromatic heterocycles. The first-order valence-electron chi connectivity index (χ1n) is 35.1. The normalized spacial score (nSPS) is 28.3. The highest BCUT2D eigenvalue weighted by atomic mass is 16.8. The zero-order chi connectivity index (χ0) is 68.2. The molecule has 3 aliphatic rings. The van der Waals surface area contributed by atoms with Crippen LogP contribution in [0.3, 0.4) is 0 Å². The second-order valence-electron chi connectivity index (χ2n) is 24.3. The molecule has 0 radical (unpaired) electrons. The van der Waals surface area contributed by atoms with Crippen molar-refractivity contribution in [1.82, 2.24) is 5.32 Å². The average molecular weight is 1320 g/mol. The van der Waals surface area contributed by atoms with E-state index in [0.29, 0.717) is 6.42 Å². The van der Waals surface area contributed by atoms with E-state index in [9.17, 15) is 61.0 Å². The number of carbonyl (C=O) groups is 1. The fourth-order valence-corrected chi connectivity index (χ4v) is 10.7. The molecule has 12 N–H and O–H groups in total. The minimum atomic E-state index is -1.99. The van der Waals surface area contributed by atoms with Gasteiger partial charge in [0.2, 0.25) is 5.91 Å². The van der Waals surface area contributed by atoms with Crippen LogP contribution < -0.4 is 5.32 Å². The largest absolute Gasteiger partial charge is 0.394 e. The first-order chi connectivity index (χ1) is 45.8. The van der Waals surface area contributed by atoms with Gasteiger partial charge in [0, 0.05) is 6.42 Å². The number of hydrogen-bond donors (Lipinski definition) is 12. The van der Waals surface area contributed by atoms with Crippen molar-refractivity contribution in [1.29, 1.82) is 0 Å². The fraction of sp³-hybridized carbons (Fsp3) is 0.667. The summed E-state index contributed by atoms with van der Waals surface area (Å²) >= 11 is 0. The van der Waals surface area contributed by atoms with E-state index in [2.05, 4.69) is 153 Å². The highest BCUT2D eigenvalue weighted by molar-refractivity contribution is 5.76. The van der Waals surface area contributed by atoms with E-state index < -0.39 is 124 Å². The van der Waals surface area contributed by atoms with Crippen molar-refractivity contribution < 1.29 is 89.4 Å². The molecule has 3 aliphatic heterocycles. The first-order valence-corrected chi connectivity index (χ1v) is 35.1. The number of ether oxygens (including phenoxy) is 6. The number of aliphatic hydroxyl groups is 11. The number of nitrogens with one attached hydrogen (secondary N) is 1. The van der Waals surface area contributed by atoms with Gasteiger partial charge in [0.25, 0.3) is 0 Å². The summed E-state index contributed by atoms with van der Waals surface area (Å²) in [6.45, 7) is 1.53. The maximum atomic E-state index is 13.3. The third-order valence-corrected chi connectivity index (χ3v) is 16.4. The fourth-order valence-electron chi connectivity index (χ4n) is 10.7. The highest BCUT2D eigenvalue weighted by Crippen LogP contribution is 2.33. The SMILES string of the molecule is CC/C=C\C/C=C\C/C=C\C/C=C\C/C=C\C/C=C\C/C=C\C/C=C\C/C=C\C/C=C\C/C=C\CCCCCCCC(=O)NC(COC1OC(CO)C(OC2OC(CO)C(OC3OC(CO)C(O)C(O)C3O)C(O)C2O)C(O)C1O)C(O)/C=C/CCCCCCCCCC. The third-order valence-electron chi connectivity index (χ3n) is 16.4. The van der Waals surface area contributed by atoms with Gasteiger partial charge < -0.3 is 89.9 Å². The number of carbonyl (C=O) groups excluding carboxylic acids is 1. The van der Waals surface area contributed by atoms with Crippen LogP contribution in [0.15, 0.2) is 146 Å². The standard InChI is InChI=1S/C75H121NO18/c1-3-5-7-9-11-13-15-16-17-18-19-20-21-22-23-24-25-26-27-28-29-30-31-32-33-34-35-36-37-38-39-40-41-42-43-45-47-49-51-53-63(81)76-58(59(80)52-50-48-46-44-14-12-10-8-6-4-2)57-89-73-69(87)66(84)71(61(55-78)91-73)94-75-70(88)67(85)72(62(56-79)92-75)93-74-68(86)65(83)64(82)60(54-77)90-74/h5,7,11,13,16-17,19-20,22-23,25-26,28-29,31-32,34-35,37-38,40-41,50,52,58-62,64-75,77-80,82-88H,3-4,6,8-10,12,14-15,18,21,24,27,30,33,36,39,42-49,51,53-57H2,1-2H3,(H,76,81)/b7-5-,13-11-,17-16-,20-19-,23-22-,26-25-,29-28-,32-31-,35-34-,38-37-,41-40-,52-50+. The summed E-state index contributed by atoms with van der Waals surface area (Å²) in [5.74, 6) is -0.304. The summed E-state index contributed by atoms with van der Waals surface area (Å²) in [5.41, 5.74) is 0. The maximum absolute atomic E-state index is 13.3. The van der Waals surface area contributed by atoms with Crippen molar-refractivity contribution in [2.24, 2.45) is 0 Å². The van der Waals surface area contributed by atoms with Crippen LogP contribution in [0.4, 0.5) is 0 Å². The van der Waals surface area contributed by atoms with Gasteiger partial charge in [0.05, 0.1) is 38.6 Å². The maximum Gasteiger partial charge on any atom is 0.220 e. The predicted octanol–water partition coefficient (Wildman–Crippen LogP) is 9.54. The van der Waals surface area contributed by atoms with Gasteiger partial charge in [-0.25, -0.2) is 0 Å². The van der Waals surface area contributed by atoms with Crippen molar-refractivity contribution in [2.75, 3.05) is 26.4 Å². The Kier molecular flexibility index (Phi) is 48.8. The summed E-state index contributed by atoms with van der Waals surface area (Å²) < 4.78 is 34.2. The van der Waals surface area contributed by atoms with Gasteiger partial charge >= 0.3 is 0 Å². The van der Waals surface area contributed by atoms with Crippen LogP contribution in [-0.4, -0.2) is 193 Å². The Balaban J connectivity index is 1.34. The first kappa shape index (κ1) is 83.9. The van der Waals surface area contributed by atoms with Gasteiger partial charge in [0.1, 0.15) is 73.2 Å². The van der Waals surface area contributed by atoms with Crippen LogP contribution in [0.25, 0.3) is 0 Å². The molecule has 0 saturated carbocycles. The highest BCUT2D eigenvalue weighted by Gasteiger charge is 2.53. The number of allylic oxidation sites excluding steroid dienone is 23. The number of amides is 1. The Morgan fingerprint density at radius 3 is 1.15 bits per heavy atom. The summed E-state index contributed by atoms with van der Waals surface area (Å²) in [7, 11) is 0. The second kappa shape index (κ2) is 54.7. The Labute approximate surface area is 562 Å². The molecule has 3 saturated heterocycles. The number of aliphatic hydroxyl groups excluding tert-OH is 11. The minimum absolute atomic E-state index is 0.210. The lowest BCUT2D eigenvalue weighted by Gasteiger charge is -2.48. The Morgan fingerprint density at radius 2 is 0.734 bits per heavy atom. The van der Waals surface area contributed by atoms with E-state index in [4.69, 9.17) is 28.4 Å². The van der Waals surface area contributed by atoms with Crippen LogP contribution >= 0.6 is 0 Å². The molecule has 19 nitrogen and oxygen atoms in total. The summed E-state index contributed by atoms with van der Waals surface area (Å²) in [6.07, 6.45) is 51.4. The lowest BCUT2D eigenvalue weighted by molar-refractivity contribution is -0.379. The van der Waals surface area contributed by atoms with E-state index in [-0.39, 0.29) is 18.9 Å². The van der Waals surface area contributed by atoms with Crippen LogP contribution in [0.1, 0.15) is 187 Å². The predicted molar refractivity (Wildman–Crippen MR) is 369 cm³/mol. The molecule has 3 fully saturated rings. The molecule has 0 spiro atoms. The van der Waals surface area contributed by atoms with Crippen LogP contribution in [-0.2, 0) is 33.2 Å². The van der Waals surface area contributed by atoms with Gasteiger partial charge in [-0.1, -0.05) is 224 Å². The molecule has 0 aromatic carbocycles. The van der Waals surface area contributed by atoms with Gasteiger partial charge in [0.15, 0.2) is 18.9 Å². The van der Waals surface area contributed by atoms with E-state index in [0.717, 1.165) is 128 Å². The molecule has 17 unspecified atom stereocenters. The zero-order valence-corrected chi connectivity index (χ0v) is 56.4. The molecule has 17 atom stereocenters. The summed E-state index contributed by atoms with van der Waals surface area (Å²) in [5, 5.41) is 120. The van der Waals surface area contributed by atoms with Gasteiger partial charge in [-0.05, 0) is 103 Å². The second-order valence-corrected chi connectivity index (χ2v) is 24.3. The molecule has 0 aliphatic carbocycles. The van der Waals surface area contributed by atoms with Crippen LogP contribution in [0.2, 0.25) is 0 Å². The number of hydrogen-bond acceptors (Lipinski definition) is 18. The molecular formula is C75H121NO18. The molecule has 0 bridgehead atoms. The lowest BCUT2D eigenvalue weighted by atomic mass is 9.96. The van der Waals surface area contributed by atoms with Gasteiger partial charge in [-0.15, -0.1) is 0 Å². The Hall–Kier alpha value is -4.33. The van der Waals surface area contributed by atoms with E-state index in [1.54, 1.807) is 6.08 Å². The van der Waals surface area contributed by atoms with E-state index in [1.165, 1.54) is 32.1 Å². The average Bonchev–Trinajstić information content (AvgIpc) is 0.788. The Bertz CT molecular complexity index is 2270. The summed E-state index contributed by atoms with van der Waals surface area (Å²) in [6, 6.07) is -0.993. The topological polar surface area (TPSA) is 307 Å². The summed E-state index contributed by atoms with van der Waals surface area (Å²) in [4.78, 5) is 13.3. The third kappa shape index (κ3) is 35.8. The monoisotopic (exact) mass is 1320 g/mol. The molecule has 94 heavy (non-hydrogen) atoms. The molecule has 3 rings (SSSR count). The number of rotatable bonds is 51. The van der Waals surface area contributed by atoms with Crippen molar-refractivity contribution in [3.8, 4) is 0 Å².